The largest absolute Gasteiger partial charge is 0.486 e. The summed E-state index contributed by atoms with van der Waals surface area (Å²) >= 11 is 0. The topological polar surface area (TPSA) is 52.6 Å². The number of hydrogen-bond donors (Lipinski definition) is 0. The molecule has 0 aliphatic heterocycles. The Balaban J connectivity index is 2.02. The van der Waals surface area contributed by atoms with E-state index in [1.165, 1.54) is 0 Å². The molecule has 0 heterocycles. The van der Waals surface area contributed by atoms with Gasteiger partial charge in [0.05, 0.1) is 12.8 Å². The van der Waals surface area contributed by atoms with Crippen LogP contribution in [0.15, 0.2) is 60.7 Å². The molecule has 0 aliphatic carbocycles. The average molecular weight is 318 g/mol. The molecule has 0 bridgehead atoms. The van der Waals surface area contributed by atoms with Gasteiger partial charge >= 0.3 is 0 Å². The molecule has 0 aromatic heterocycles. The molecule has 0 aliphatic rings. The molecule has 5 heteroatoms. The van der Waals surface area contributed by atoms with Gasteiger partial charge in [-0.05, 0) is 31.2 Å². The Labute approximate surface area is 130 Å². The Hall–Kier alpha value is -1.90. The second-order valence-corrected chi connectivity index (χ2v) is 7.16. The van der Waals surface area contributed by atoms with Crippen LogP contribution in [-0.4, -0.2) is 25.2 Å². The van der Waals surface area contributed by atoms with Crippen LogP contribution < -0.4 is 10.0 Å². The number of ether oxygens (including phenoxy) is 1. The zero-order valence-electron chi connectivity index (χ0n) is 12.5. The molecule has 2 aromatic rings. The number of carbonyl (C=O) groups is 1. The minimum absolute atomic E-state index is 0.117. The van der Waals surface area contributed by atoms with E-state index in [1.807, 2.05) is 24.3 Å². The molecule has 0 N–H and O–H groups in total. The summed E-state index contributed by atoms with van der Waals surface area (Å²) < 4.78 is 23.8. The van der Waals surface area contributed by atoms with Crippen LogP contribution in [0.3, 0.4) is 0 Å². The maximum Gasteiger partial charge on any atom is 0.239 e. The van der Waals surface area contributed by atoms with Crippen molar-refractivity contribution in [3.8, 4) is 5.75 Å². The van der Waals surface area contributed by atoms with E-state index in [0.29, 0.717) is 17.7 Å². The van der Waals surface area contributed by atoms with Crippen LogP contribution in [0.5, 0.6) is 5.75 Å². The highest BCUT2D eigenvalue weighted by Crippen LogP contribution is 2.45. The molecule has 2 aromatic carbocycles. The molecule has 4 nitrogen and oxygen atoms in total. The smallest absolute Gasteiger partial charge is 0.239 e. The first-order valence-electron chi connectivity index (χ1n) is 7.13. The highest BCUT2D eigenvalue weighted by molar-refractivity contribution is 7.67. The predicted molar refractivity (Wildman–Crippen MR) is 87.1 cm³/mol. The number of benzene rings is 2. The molecule has 0 saturated carbocycles. The first-order chi connectivity index (χ1) is 10.6. The van der Waals surface area contributed by atoms with Crippen molar-refractivity contribution in [1.82, 2.24) is 0 Å². The van der Waals surface area contributed by atoms with Crippen molar-refractivity contribution in [2.24, 2.45) is 0 Å². The SMILES string of the molecule is CCOP(=O)(CC(=O)COc1ccccc1)c1ccccc1. The fraction of sp³-hybridized carbons (Fsp3) is 0.235. The molecule has 22 heavy (non-hydrogen) atoms. The molecule has 1 atom stereocenters. The molecule has 0 saturated heterocycles. The normalized spacial score (nSPS) is 13.3. The van der Waals surface area contributed by atoms with Crippen molar-refractivity contribution in [3.63, 3.8) is 0 Å². The average Bonchev–Trinajstić information content (AvgIpc) is 2.55. The van der Waals surface area contributed by atoms with E-state index in [-0.39, 0.29) is 18.6 Å². The summed E-state index contributed by atoms with van der Waals surface area (Å²) in [6, 6.07) is 17.9. The second kappa shape index (κ2) is 7.92. The first-order valence-corrected chi connectivity index (χ1v) is 8.94. The number of ketones is 1. The van der Waals surface area contributed by atoms with Gasteiger partial charge in [0, 0.05) is 5.30 Å². The molecule has 116 valence electrons. The molecule has 0 amide bonds. The fourth-order valence-corrected chi connectivity index (χ4v) is 4.06. The standard InChI is InChI=1S/C17H19O4P/c1-2-21-22(19,17-11-7-4-8-12-17)14-15(18)13-20-16-9-5-3-6-10-16/h3-12H,2,13-14H2,1H3. The zero-order chi connectivity index (χ0) is 15.8. The third kappa shape index (κ3) is 4.55. The Morgan fingerprint density at radius 2 is 1.59 bits per heavy atom. The van der Waals surface area contributed by atoms with Crippen LogP contribution in [0.25, 0.3) is 0 Å². The number of para-hydroxylation sites is 1. The van der Waals surface area contributed by atoms with Crippen LogP contribution in [0.1, 0.15) is 6.92 Å². The molecular formula is C17H19O4P. The van der Waals surface area contributed by atoms with Crippen LogP contribution >= 0.6 is 7.37 Å². The van der Waals surface area contributed by atoms with E-state index < -0.39 is 7.37 Å². The van der Waals surface area contributed by atoms with Gasteiger partial charge in [0.25, 0.3) is 0 Å². The molecule has 0 spiro atoms. The Morgan fingerprint density at radius 3 is 2.18 bits per heavy atom. The van der Waals surface area contributed by atoms with Gasteiger partial charge in [-0.25, -0.2) is 0 Å². The van der Waals surface area contributed by atoms with Gasteiger partial charge in [-0.1, -0.05) is 36.4 Å². The number of rotatable bonds is 8. The third-order valence-corrected chi connectivity index (χ3v) is 5.54. The van der Waals surface area contributed by atoms with Crippen molar-refractivity contribution < 1.29 is 18.6 Å². The fourth-order valence-electron chi connectivity index (χ4n) is 2.03. The zero-order valence-corrected chi connectivity index (χ0v) is 13.4. The van der Waals surface area contributed by atoms with E-state index >= 15 is 0 Å². The van der Waals surface area contributed by atoms with Crippen molar-refractivity contribution in [3.05, 3.63) is 60.7 Å². The van der Waals surface area contributed by atoms with Crippen LogP contribution in [-0.2, 0) is 13.9 Å². The first kappa shape index (κ1) is 16.5. The van der Waals surface area contributed by atoms with Gasteiger partial charge in [-0.2, -0.15) is 0 Å². The molecule has 1 unspecified atom stereocenters. The summed E-state index contributed by atoms with van der Waals surface area (Å²) in [4.78, 5) is 12.1. The number of hydrogen-bond acceptors (Lipinski definition) is 4. The lowest BCUT2D eigenvalue weighted by Crippen LogP contribution is -2.21. The summed E-state index contributed by atoms with van der Waals surface area (Å²) in [6.45, 7) is 1.94. The number of Topliss-reactive ketones (excluding diaryl/α,β-unsaturated/α-hetero) is 1. The van der Waals surface area contributed by atoms with E-state index in [2.05, 4.69) is 0 Å². The van der Waals surface area contributed by atoms with Crippen LogP contribution in [0, 0.1) is 0 Å². The molecular weight excluding hydrogens is 299 g/mol. The maximum atomic E-state index is 12.9. The lowest BCUT2D eigenvalue weighted by molar-refractivity contribution is -0.118. The summed E-state index contributed by atoms with van der Waals surface area (Å²) in [6.07, 6.45) is -0.155. The lowest BCUT2D eigenvalue weighted by atomic mass is 10.3. The quantitative estimate of drug-likeness (QED) is 0.701. The van der Waals surface area contributed by atoms with Crippen LogP contribution in [0.2, 0.25) is 0 Å². The second-order valence-electron chi connectivity index (χ2n) is 4.73. The minimum Gasteiger partial charge on any atom is -0.486 e. The minimum atomic E-state index is -3.18. The van der Waals surface area contributed by atoms with Gasteiger partial charge in [0.15, 0.2) is 5.78 Å². The molecule has 2 rings (SSSR count). The Bertz CT molecular complexity index is 640. The predicted octanol–water partition coefficient (Wildman–Crippen LogP) is 3.27. The van der Waals surface area contributed by atoms with Gasteiger partial charge in [0.1, 0.15) is 12.4 Å². The lowest BCUT2D eigenvalue weighted by Gasteiger charge is -2.17. The van der Waals surface area contributed by atoms with E-state index in [9.17, 15) is 9.36 Å². The molecule has 0 radical (unpaired) electrons. The van der Waals surface area contributed by atoms with E-state index in [4.69, 9.17) is 9.26 Å². The van der Waals surface area contributed by atoms with Crippen molar-refractivity contribution in [2.75, 3.05) is 19.4 Å². The van der Waals surface area contributed by atoms with E-state index in [0.717, 1.165) is 0 Å². The van der Waals surface area contributed by atoms with Gasteiger partial charge in [-0.15, -0.1) is 0 Å². The highest BCUT2D eigenvalue weighted by Gasteiger charge is 2.28. The van der Waals surface area contributed by atoms with Crippen molar-refractivity contribution in [2.45, 2.75) is 6.92 Å². The highest BCUT2D eigenvalue weighted by atomic mass is 31.2. The van der Waals surface area contributed by atoms with Gasteiger partial charge < -0.3 is 9.26 Å². The summed E-state index contributed by atoms with van der Waals surface area (Å²) in [5.41, 5.74) is 0. The van der Waals surface area contributed by atoms with Gasteiger partial charge in [-0.3, -0.25) is 9.36 Å². The van der Waals surface area contributed by atoms with Gasteiger partial charge in [0.2, 0.25) is 7.37 Å². The van der Waals surface area contributed by atoms with Crippen molar-refractivity contribution >= 4 is 18.5 Å². The third-order valence-electron chi connectivity index (χ3n) is 3.01. The summed E-state index contributed by atoms with van der Waals surface area (Å²) in [5.74, 6) is 0.367. The monoisotopic (exact) mass is 318 g/mol. The summed E-state index contributed by atoms with van der Waals surface area (Å²) in [7, 11) is -3.18. The Kier molecular flexibility index (Phi) is 5.93. The molecule has 0 fully saturated rings. The summed E-state index contributed by atoms with van der Waals surface area (Å²) in [5, 5.41) is 0.560. The van der Waals surface area contributed by atoms with E-state index in [1.54, 1.807) is 43.3 Å². The van der Waals surface area contributed by atoms with Crippen LogP contribution in [0.4, 0.5) is 0 Å². The van der Waals surface area contributed by atoms with Crippen molar-refractivity contribution in [1.29, 1.82) is 0 Å². The maximum absolute atomic E-state index is 12.9. The number of carbonyl (C=O) groups excluding carboxylic acids is 1. The Morgan fingerprint density at radius 1 is 1.00 bits per heavy atom.